The van der Waals surface area contributed by atoms with Crippen molar-refractivity contribution in [1.82, 2.24) is 10.2 Å². The minimum Gasteiger partial charge on any atom is -0.497 e. The van der Waals surface area contributed by atoms with Crippen molar-refractivity contribution in [2.24, 2.45) is 0 Å². The molecule has 0 aliphatic carbocycles. The van der Waals surface area contributed by atoms with Crippen LogP contribution in [0.2, 0.25) is 0 Å². The number of rotatable bonds is 5. The van der Waals surface area contributed by atoms with Crippen molar-refractivity contribution in [3.63, 3.8) is 0 Å². The van der Waals surface area contributed by atoms with E-state index in [-0.39, 0.29) is 0 Å². The summed E-state index contributed by atoms with van der Waals surface area (Å²) in [6.07, 6.45) is 3.85. The van der Waals surface area contributed by atoms with Crippen LogP contribution in [0, 0.1) is 0 Å². The molecule has 1 N–H and O–H groups in total. The predicted molar refractivity (Wildman–Crippen MR) is 84.3 cm³/mol. The van der Waals surface area contributed by atoms with Gasteiger partial charge < -0.3 is 15.0 Å². The van der Waals surface area contributed by atoms with E-state index in [1.54, 1.807) is 7.11 Å². The molecule has 1 aromatic carbocycles. The number of benzene rings is 1. The van der Waals surface area contributed by atoms with Crippen molar-refractivity contribution < 1.29 is 4.74 Å². The molecule has 1 aliphatic rings. The Balaban J connectivity index is 1.88. The predicted octanol–water partition coefficient (Wildman–Crippen LogP) is 3.22. The van der Waals surface area contributed by atoms with E-state index in [0.717, 1.165) is 5.75 Å². The van der Waals surface area contributed by atoms with Gasteiger partial charge in [0.15, 0.2) is 0 Å². The van der Waals surface area contributed by atoms with Crippen molar-refractivity contribution >= 4 is 0 Å². The summed E-state index contributed by atoms with van der Waals surface area (Å²) in [5.41, 5.74) is 1.34. The summed E-state index contributed by atoms with van der Waals surface area (Å²) in [5, 5.41) is 3.79. The van der Waals surface area contributed by atoms with E-state index in [1.165, 1.54) is 44.5 Å². The zero-order chi connectivity index (χ0) is 14.4. The summed E-state index contributed by atoms with van der Waals surface area (Å²) in [7, 11) is 1.71. The maximum absolute atomic E-state index is 5.21. The number of nitrogens with one attached hydrogen (secondary N) is 1. The number of methoxy groups -OCH3 is 1. The molecule has 0 bridgehead atoms. The smallest absolute Gasteiger partial charge is 0.118 e. The number of ether oxygens (including phenoxy) is 1. The molecule has 3 heteroatoms. The minimum atomic E-state index is 0.402. The Labute approximate surface area is 123 Å². The van der Waals surface area contributed by atoms with Crippen molar-refractivity contribution in [2.45, 2.75) is 45.2 Å². The van der Waals surface area contributed by atoms with Crippen LogP contribution in [0.15, 0.2) is 24.3 Å². The summed E-state index contributed by atoms with van der Waals surface area (Å²) in [6, 6.07) is 9.44. The van der Waals surface area contributed by atoms with E-state index in [1.807, 2.05) is 12.1 Å². The van der Waals surface area contributed by atoms with Gasteiger partial charge in [-0.2, -0.15) is 0 Å². The third kappa shape index (κ3) is 4.22. The molecule has 112 valence electrons. The molecule has 20 heavy (non-hydrogen) atoms. The van der Waals surface area contributed by atoms with E-state index in [2.05, 4.69) is 36.2 Å². The normalized spacial score (nSPS) is 22.2. The molecule has 0 radical (unpaired) electrons. The second-order valence-electron chi connectivity index (χ2n) is 5.72. The Bertz CT molecular complexity index is 390. The molecule has 2 atom stereocenters. The number of likely N-dealkylation sites (tertiary alicyclic amines) is 1. The minimum absolute atomic E-state index is 0.402. The Morgan fingerprint density at radius 2 is 2.00 bits per heavy atom. The standard InChI is InChI=1S/C17H28N2O/c1-4-19-12-5-6-16(11-13-19)18-14(2)15-7-9-17(20-3)10-8-15/h7-10,14,16,18H,4-6,11-13H2,1-3H3. The molecular formula is C17H28N2O. The maximum atomic E-state index is 5.21. The number of hydrogen-bond acceptors (Lipinski definition) is 3. The Kier molecular flexibility index (Phi) is 5.86. The second-order valence-corrected chi connectivity index (χ2v) is 5.72. The average molecular weight is 276 g/mol. The van der Waals surface area contributed by atoms with Gasteiger partial charge in [-0.15, -0.1) is 0 Å². The molecular weight excluding hydrogens is 248 g/mol. The van der Waals surface area contributed by atoms with Gasteiger partial charge in [0.05, 0.1) is 7.11 Å². The summed E-state index contributed by atoms with van der Waals surface area (Å²) in [5.74, 6) is 0.925. The van der Waals surface area contributed by atoms with Crippen LogP contribution in [-0.4, -0.2) is 37.7 Å². The molecule has 0 saturated carbocycles. The molecule has 1 saturated heterocycles. The van der Waals surface area contributed by atoms with Gasteiger partial charge in [-0.05, 0) is 63.5 Å². The van der Waals surface area contributed by atoms with Crippen molar-refractivity contribution in [3.05, 3.63) is 29.8 Å². The highest BCUT2D eigenvalue weighted by Crippen LogP contribution is 2.20. The van der Waals surface area contributed by atoms with Crippen molar-refractivity contribution in [2.75, 3.05) is 26.7 Å². The molecule has 1 heterocycles. The van der Waals surface area contributed by atoms with Gasteiger partial charge in [0.1, 0.15) is 5.75 Å². The van der Waals surface area contributed by atoms with Crippen LogP contribution >= 0.6 is 0 Å². The van der Waals surface area contributed by atoms with Gasteiger partial charge in [-0.25, -0.2) is 0 Å². The average Bonchev–Trinajstić information content (AvgIpc) is 2.72. The highest BCUT2D eigenvalue weighted by molar-refractivity contribution is 5.28. The lowest BCUT2D eigenvalue weighted by atomic mass is 10.0. The van der Waals surface area contributed by atoms with E-state index in [4.69, 9.17) is 4.74 Å². The summed E-state index contributed by atoms with van der Waals surface area (Å²) < 4.78 is 5.21. The third-order valence-corrected chi connectivity index (χ3v) is 4.37. The molecule has 0 aromatic heterocycles. The Morgan fingerprint density at radius 1 is 1.25 bits per heavy atom. The van der Waals surface area contributed by atoms with Crippen LogP contribution in [0.3, 0.4) is 0 Å². The quantitative estimate of drug-likeness (QED) is 0.893. The number of nitrogens with zero attached hydrogens (tertiary/aromatic N) is 1. The fourth-order valence-electron chi connectivity index (χ4n) is 2.98. The topological polar surface area (TPSA) is 24.5 Å². The van der Waals surface area contributed by atoms with Crippen LogP contribution in [-0.2, 0) is 0 Å². The van der Waals surface area contributed by atoms with Crippen molar-refractivity contribution in [1.29, 1.82) is 0 Å². The van der Waals surface area contributed by atoms with E-state index >= 15 is 0 Å². The van der Waals surface area contributed by atoms with E-state index in [9.17, 15) is 0 Å². The molecule has 1 aliphatic heterocycles. The molecule has 1 fully saturated rings. The first-order valence-corrected chi connectivity index (χ1v) is 7.85. The SMILES string of the molecule is CCN1CCCC(NC(C)c2ccc(OC)cc2)CC1. The van der Waals surface area contributed by atoms with Crippen LogP contribution in [0.25, 0.3) is 0 Å². The van der Waals surface area contributed by atoms with Gasteiger partial charge in [0.2, 0.25) is 0 Å². The molecule has 2 rings (SSSR count). The number of hydrogen-bond donors (Lipinski definition) is 1. The van der Waals surface area contributed by atoms with Crippen LogP contribution < -0.4 is 10.1 Å². The summed E-state index contributed by atoms with van der Waals surface area (Å²) in [6.45, 7) is 8.17. The van der Waals surface area contributed by atoms with Crippen molar-refractivity contribution in [3.8, 4) is 5.75 Å². The van der Waals surface area contributed by atoms with E-state index < -0.39 is 0 Å². The largest absolute Gasteiger partial charge is 0.497 e. The Hall–Kier alpha value is -1.06. The lowest BCUT2D eigenvalue weighted by Gasteiger charge is -2.23. The molecule has 3 nitrogen and oxygen atoms in total. The first-order valence-electron chi connectivity index (χ1n) is 7.85. The maximum Gasteiger partial charge on any atom is 0.118 e. The van der Waals surface area contributed by atoms with Gasteiger partial charge in [0.25, 0.3) is 0 Å². The monoisotopic (exact) mass is 276 g/mol. The second kappa shape index (κ2) is 7.65. The van der Waals surface area contributed by atoms with Gasteiger partial charge >= 0.3 is 0 Å². The zero-order valence-electron chi connectivity index (χ0n) is 13.1. The fourth-order valence-corrected chi connectivity index (χ4v) is 2.98. The highest BCUT2D eigenvalue weighted by Gasteiger charge is 2.18. The van der Waals surface area contributed by atoms with Crippen LogP contribution in [0.5, 0.6) is 5.75 Å². The zero-order valence-corrected chi connectivity index (χ0v) is 13.1. The molecule has 0 amide bonds. The van der Waals surface area contributed by atoms with Gasteiger partial charge in [0, 0.05) is 12.1 Å². The first kappa shape index (κ1) is 15.3. The Morgan fingerprint density at radius 3 is 2.65 bits per heavy atom. The third-order valence-electron chi connectivity index (χ3n) is 4.37. The summed E-state index contributed by atoms with van der Waals surface area (Å²) in [4.78, 5) is 2.56. The van der Waals surface area contributed by atoms with Crippen LogP contribution in [0.1, 0.15) is 44.7 Å². The fraction of sp³-hybridized carbons (Fsp3) is 0.647. The van der Waals surface area contributed by atoms with E-state index in [0.29, 0.717) is 12.1 Å². The molecule has 2 unspecified atom stereocenters. The van der Waals surface area contributed by atoms with Gasteiger partial charge in [-0.1, -0.05) is 19.1 Å². The molecule has 0 spiro atoms. The molecule has 1 aromatic rings. The summed E-state index contributed by atoms with van der Waals surface area (Å²) >= 11 is 0. The first-order chi connectivity index (χ1) is 9.72. The lowest BCUT2D eigenvalue weighted by molar-refractivity contribution is 0.295. The van der Waals surface area contributed by atoms with Gasteiger partial charge in [-0.3, -0.25) is 0 Å². The van der Waals surface area contributed by atoms with Crippen LogP contribution in [0.4, 0.5) is 0 Å². The highest BCUT2D eigenvalue weighted by atomic mass is 16.5. The lowest BCUT2D eigenvalue weighted by Crippen LogP contribution is -2.32.